The summed E-state index contributed by atoms with van der Waals surface area (Å²) in [6.07, 6.45) is 0. The maximum absolute atomic E-state index is 14.1. The number of amides is 1. The van der Waals surface area contributed by atoms with Crippen molar-refractivity contribution in [3.05, 3.63) is 89.7 Å². The van der Waals surface area contributed by atoms with Gasteiger partial charge in [-0.3, -0.25) is 4.79 Å². The lowest BCUT2D eigenvalue weighted by molar-refractivity contribution is 0.0697. The van der Waals surface area contributed by atoms with Crippen LogP contribution in [0.25, 0.3) is 0 Å². The molecule has 1 fully saturated rings. The Bertz CT molecular complexity index is 1100. The number of nitrogens with one attached hydrogen (secondary N) is 1. The second-order valence-corrected chi connectivity index (χ2v) is 7.28. The molecule has 0 radical (unpaired) electrons. The molecule has 6 nitrogen and oxygen atoms in total. The topological polar surface area (TPSA) is 72.9 Å². The molecule has 158 valence electrons. The molecule has 1 amide bonds. The van der Waals surface area contributed by atoms with Crippen molar-refractivity contribution >= 4 is 28.9 Å². The number of carbonyl (C=O) groups is 2. The Balaban J connectivity index is 1.49. The fourth-order valence-electron chi connectivity index (χ4n) is 3.75. The highest BCUT2D eigenvalue weighted by Gasteiger charge is 2.23. The SMILES string of the molecule is O=C(Nc1ccc(N2CCN(c3ccccc3F)CC2)c(C(=O)O)c1)c1ccccc1. The van der Waals surface area contributed by atoms with Gasteiger partial charge in [0.15, 0.2) is 0 Å². The number of benzene rings is 3. The van der Waals surface area contributed by atoms with Crippen molar-refractivity contribution in [2.24, 2.45) is 0 Å². The van der Waals surface area contributed by atoms with E-state index < -0.39 is 5.97 Å². The molecule has 1 aliphatic rings. The molecule has 31 heavy (non-hydrogen) atoms. The zero-order chi connectivity index (χ0) is 21.8. The molecule has 1 aliphatic heterocycles. The molecule has 4 rings (SSSR count). The standard InChI is InChI=1S/C24H22FN3O3/c25-20-8-4-5-9-22(20)28-14-12-27(13-15-28)21-11-10-18(16-19(21)24(30)31)26-23(29)17-6-2-1-3-7-17/h1-11,16H,12-15H2,(H,26,29)(H,30,31). The van der Waals surface area contributed by atoms with Crippen LogP contribution in [0.2, 0.25) is 0 Å². The van der Waals surface area contributed by atoms with Crippen molar-refractivity contribution in [1.29, 1.82) is 0 Å². The molecule has 3 aromatic carbocycles. The minimum atomic E-state index is -1.07. The first kappa shape index (κ1) is 20.4. The summed E-state index contributed by atoms with van der Waals surface area (Å²) >= 11 is 0. The van der Waals surface area contributed by atoms with Crippen LogP contribution < -0.4 is 15.1 Å². The van der Waals surface area contributed by atoms with E-state index in [1.165, 1.54) is 12.1 Å². The number of halogens is 1. The predicted octanol–water partition coefficient (Wildman–Crippen LogP) is 4.10. The Hall–Kier alpha value is -3.87. The molecule has 2 N–H and O–H groups in total. The van der Waals surface area contributed by atoms with Crippen LogP contribution in [0.5, 0.6) is 0 Å². The third-order valence-corrected chi connectivity index (χ3v) is 5.33. The maximum atomic E-state index is 14.1. The van der Waals surface area contributed by atoms with Crippen LogP contribution in [0.3, 0.4) is 0 Å². The molecule has 0 bridgehead atoms. The molecular weight excluding hydrogens is 397 g/mol. The van der Waals surface area contributed by atoms with E-state index in [2.05, 4.69) is 5.32 Å². The summed E-state index contributed by atoms with van der Waals surface area (Å²) in [5.74, 6) is -1.63. The summed E-state index contributed by atoms with van der Waals surface area (Å²) in [6.45, 7) is 2.27. The summed E-state index contributed by atoms with van der Waals surface area (Å²) in [7, 11) is 0. The van der Waals surface area contributed by atoms with Gasteiger partial charge in [0.2, 0.25) is 0 Å². The summed E-state index contributed by atoms with van der Waals surface area (Å²) in [4.78, 5) is 28.2. The fourth-order valence-corrected chi connectivity index (χ4v) is 3.75. The van der Waals surface area contributed by atoms with Gasteiger partial charge >= 0.3 is 5.97 Å². The van der Waals surface area contributed by atoms with Crippen molar-refractivity contribution in [2.45, 2.75) is 0 Å². The molecule has 0 saturated carbocycles. The summed E-state index contributed by atoms with van der Waals surface area (Å²) in [5, 5.41) is 12.5. The lowest BCUT2D eigenvalue weighted by Crippen LogP contribution is -2.47. The number of aromatic carboxylic acids is 1. The third-order valence-electron chi connectivity index (χ3n) is 5.33. The zero-order valence-electron chi connectivity index (χ0n) is 16.8. The van der Waals surface area contributed by atoms with E-state index in [0.29, 0.717) is 48.8 Å². The summed E-state index contributed by atoms with van der Waals surface area (Å²) in [6, 6.07) is 20.3. The van der Waals surface area contributed by atoms with Crippen molar-refractivity contribution in [3.8, 4) is 0 Å². The normalized spacial score (nSPS) is 13.7. The van der Waals surface area contributed by atoms with Gasteiger partial charge in [0, 0.05) is 37.4 Å². The molecule has 3 aromatic rings. The smallest absolute Gasteiger partial charge is 0.337 e. The minimum Gasteiger partial charge on any atom is -0.478 e. The number of hydrogen-bond acceptors (Lipinski definition) is 4. The third kappa shape index (κ3) is 4.50. The van der Waals surface area contributed by atoms with E-state index in [1.54, 1.807) is 54.6 Å². The van der Waals surface area contributed by atoms with Gasteiger partial charge in [0.1, 0.15) is 5.82 Å². The van der Waals surface area contributed by atoms with Crippen LogP contribution in [-0.2, 0) is 0 Å². The van der Waals surface area contributed by atoms with E-state index in [0.717, 1.165) is 0 Å². The lowest BCUT2D eigenvalue weighted by Gasteiger charge is -2.38. The number of para-hydroxylation sites is 1. The second-order valence-electron chi connectivity index (χ2n) is 7.28. The van der Waals surface area contributed by atoms with E-state index in [4.69, 9.17) is 0 Å². The van der Waals surface area contributed by atoms with Gasteiger partial charge in [-0.05, 0) is 42.5 Å². The number of rotatable bonds is 5. The lowest BCUT2D eigenvalue weighted by atomic mass is 10.1. The Labute approximate surface area is 179 Å². The summed E-state index contributed by atoms with van der Waals surface area (Å²) in [5.41, 5.74) is 2.16. The predicted molar refractivity (Wildman–Crippen MR) is 119 cm³/mol. The van der Waals surface area contributed by atoms with Crippen LogP contribution in [0.1, 0.15) is 20.7 Å². The highest BCUT2D eigenvalue weighted by molar-refractivity contribution is 6.05. The number of hydrogen-bond donors (Lipinski definition) is 2. The number of carboxylic acids is 1. The second kappa shape index (κ2) is 8.87. The highest BCUT2D eigenvalue weighted by atomic mass is 19.1. The van der Waals surface area contributed by atoms with Crippen LogP contribution in [0.15, 0.2) is 72.8 Å². The highest BCUT2D eigenvalue weighted by Crippen LogP contribution is 2.28. The molecular formula is C24H22FN3O3. The van der Waals surface area contributed by atoms with Crippen LogP contribution >= 0.6 is 0 Å². The van der Waals surface area contributed by atoms with Crippen molar-refractivity contribution in [2.75, 3.05) is 41.3 Å². The van der Waals surface area contributed by atoms with E-state index in [1.807, 2.05) is 15.9 Å². The van der Waals surface area contributed by atoms with Gasteiger partial charge < -0.3 is 20.2 Å². The number of carbonyl (C=O) groups excluding carboxylic acids is 1. The monoisotopic (exact) mass is 419 g/mol. The van der Waals surface area contributed by atoms with Gasteiger partial charge in [-0.2, -0.15) is 0 Å². The largest absolute Gasteiger partial charge is 0.478 e. The van der Waals surface area contributed by atoms with E-state index >= 15 is 0 Å². The quantitative estimate of drug-likeness (QED) is 0.651. The van der Waals surface area contributed by atoms with Crippen molar-refractivity contribution < 1.29 is 19.1 Å². The van der Waals surface area contributed by atoms with E-state index in [9.17, 15) is 19.1 Å². The molecule has 1 heterocycles. The van der Waals surface area contributed by atoms with Crippen molar-refractivity contribution in [1.82, 2.24) is 0 Å². The van der Waals surface area contributed by atoms with Gasteiger partial charge in [0.05, 0.1) is 16.9 Å². The first-order valence-corrected chi connectivity index (χ1v) is 10.0. The van der Waals surface area contributed by atoms with Gasteiger partial charge in [-0.25, -0.2) is 9.18 Å². The molecule has 1 saturated heterocycles. The van der Waals surface area contributed by atoms with Crippen LogP contribution in [0, 0.1) is 5.82 Å². The van der Waals surface area contributed by atoms with E-state index in [-0.39, 0.29) is 17.3 Å². The average molecular weight is 419 g/mol. The number of carboxylic acid groups (broad SMARTS) is 1. The summed E-state index contributed by atoms with van der Waals surface area (Å²) < 4.78 is 14.1. The Kier molecular flexibility index (Phi) is 5.84. The molecule has 0 unspecified atom stereocenters. The minimum absolute atomic E-state index is 0.116. The van der Waals surface area contributed by atoms with Crippen molar-refractivity contribution in [3.63, 3.8) is 0 Å². The first-order valence-electron chi connectivity index (χ1n) is 10.0. The average Bonchev–Trinajstić information content (AvgIpc) is 2.80. The Morgan fingerprint density at radius 3 is 2.06 bits per heavy atom. The van der Waals surface area contributed by atoms with Gasteiger partial charge in [-0.15, -0.1) is 0 Å². The van der Waals surface area contributed by atoms with Crippen LogP contribution in [0.4, 0.5) is 21.5 Å². The Morgan fingerprint density at radius 2 is 1.42 bits per heavy atom. The van der Waals surface area contributed by atoms with Crippen LogP contribution in [-0.4, -0.2) is 43.2 Å². The number of nitrogens with zero attached hydrogens (tertiary/aromatic N) is 2. The molecule has 0 aliphatic carbocycles. The molecule has 0 spiro atoms. The fraction of sp³-hybridized carbons (Fsp3) is 0.167. The molecule has 0 atom stereocenters. The molecule has 7 heteroatoms. The first-order chi connectivity index (χ1) is 15.0. The maximum Gasteiger partial charge on any atom is 0.337 e. The number of anilines is 3. The number of piperazine rings is 1. The molecule has 0 aromatic heterocycles. The van der Waals surface area contributed by atoms with Gasteiger partial charge in [-0.1, -0.05) is 30.3 Å². The Morgan fingerprint density at radius 1 is 0.806 bits per heavy atom. The zero-order valence-corrected chi connectivity index (χ0v) is 16.8. The van der Waals surface area contributed by atoms with Gasteiger partial charge in [0.25, 0.3) is 5.91 Å².